The Morgan fingerprint density at radius 2 is 1.48 bits per heavy atom. The molecule has 27 heavy (non-hydrogen) atoms. The lowest BCUT2D eigenvalue weighted by Gasteiger charge is -2.05. The van der Waals surface area contributed by atoms with Crippen LogP contribution in [0.15, 0.2) is 83.7 Å². The summed E-state index contributed by atoms with van der Waals surface area (Å²) in [5.41, 5.74) is 2.69. The van der Waals surface area contributed by atoms with Crippen molar-refractivity contribution in [2.45, 2.75) is 6.42 Å². The maximum atomic E-state index is 13.2. The number of para-hydroxylation sites is 3. The van der Waals surface area contributed by atoms with Gasteiger partial charge in [0.25, 0.3) is 5.56 Å². The summed E-state index contributed by atoms with van der Waals surface area (Å²) in [6, 6.07) is 24.2. The van der Waals surface area contributed by atoms with Crippen molar-refractivity contribution in [3.63, 3.8) is 0 Å². The van der Waals surface area contributed by atoms with Gasteiger partial charge in [-0.15, -0.1) is 0 Å². The Hall–Kier alpha value is -3.73. The van der Waals surface area contributed by atoms with Crippen LogP contribution in [0.25, 0.3) is 27.7 Å². The van der Waals surface area contributed by atoms with E-state index in [9.17, 15) is 9.59 Å². The molecule has 2 heterocycles. The monoisotopic (exact) mass is 353 g/mol. The van der Waals surface area contributed by atoms with Crippen LogP contribution in [-0.2, 0) is 6.42 Å². The van der Waals surface area contributed by atoms with Gasteiger partial charge in [-0.25, -0.2) is 14.0 Å². The SMILES string of the molecule is O=C(Cc1ccccc1)n1c2ccccc2n2c(=O)c3ccccc3nc12. The summed E-state index contributed by atoms with van der Waals surface area (Å²) < 4.78 is 3.08. The average molecular weight is 353 g/mol. The fraction of sp³-hybridized carbons (Fsp3) is 0.0455. The Labute approximate surface area is 154 Å². The third-order valence-corrected chi connectivity index (χ3v) is 4.77. The number of benzene rings is 3. The zero-order chi connectivity index (χ0) is 18.4. The first-order valence-corrected chi connectivity index (χ1v) is 8.72. The van der Waals surface area contributed by atoms with Crippen molar-refractivity contribution in [1.29, 1.82) is 0 Å². The molecule has 0 fully saturated rings. The molecule has 0 aliphatic carbocycles. The molecule has 0 radical (unpaired) electrons. The highest BCUT2D eigenvalue weighted by molar-refractivity contribution is 5.97. The third kappa shape index (κ3) is 2.36. The molecular formula is C22H15N3O2. The third-order valence-electron chi connectivity index (χ3n) is 4.77. The number of rotatable bonds is 2. The first-order valence-electron chi connectivity index (χ1n) is 8.72. The molecule has 0 aliphatic heterocycles. The van der Waals surface area contributed by atoms with Gasteiger partial charge in [0.2, 0.25) is 11.7 Å². The molecule has 130 valence electrons. The molecular weight excluding hydrogens is 338 g/mol. The van der Waals surface area contributed by atoms with Crippen molar-refractivity contribution in [2.24, 2.45) is 0 Å². The Morgan fingerprint density at radius 1 is 0.815 bits per heavy atom. The minimum atomic E-state index is -0.168. The predicted molar refractivity (Wildman–Crippen MR) is 105 cm³/mol. The molecule has 0 amide bonds. The molecule has 5 nitrogen and oxygen atoms in total. The van der Waals surface area contributed by atoms with Crippen molar-refractivity contribution in [2.75, 3.05) is 0 Å². The molecule has 5 heteroatoms. The predicted octanol–water partition coefficient (Wildman–Crippen LogP) is 3.69. The number of fused-ring (bicyclic) bond motifs is 4. The second-order valence-corrected chi connectivity index (χ2v) is 6.45. The minimum Gasteiger partial charge on any atom is -0.274 e. The highest BCUT2D eigenvalue weighted by atomic mass is 16.2. The van der Waals surface area contributed by atoms with Gasteiger partial charge in [0.15, 0.2) is 0 Å². The van der Waals surface area contributed by atoms with Gasteiger partial charge in [-0.3, -0.25) is 9.59 Å². The van der Waals surface area contributed by atoms with Crippen molar-refractivity contribution >= 4 is 33.6 Å². The van der Waals surface area contributed by atoms with Crippen LogP contribution in [0, 0.1) is 0 Å². The Bertz CT molecular complexity index is 1380. The van der Waals surface area contributed by atoms with Crippen molar-refractivity contribution in [3.05, 3.63) is 94.8 Å². The summed E-state index contributed by atoms with van der Waals surface area (Å²) in [5, 5.41) is 0.536. The van der Waals surface area contributed by atoms with Gasteiger partial charge in [-0.1, -0.05) is 54.6 Å². The molecule has 0 spiro atoms. The number of nitrogens with zero attached hydrogens (tertiary/aromatic N) is 3. The number of carbonyl (C=O) groups excluding carboxylic acids is 1. The van der Waals surface area contributed by atoms with Gasteiger partial charge in [0.1, 0.15) is 0 Å². The molecule has 0 saturated heterocycles. The molecule has 5 aromatic rings. The molecule has 5 rings (SSSR count). The first-order chi connectivity index (χ1) is 13.2. The second-order valence-electron chi connectivity index (χ2n) is 6.45. The fourth-order valence-corrected chi connectivity index (χ4v) is 3.53. The number of hydrogen-bond donors (Lipinski definition) is 0. The molecule has 0 atom stereocenters. The van der Waals surface area contributed by atoms with E-state index in [0.717, 1.165) is 5.56 Å². The van der Waals surface area contributed by atoms with E-state index in [-0.39, 0.29) is 17.9 Å². The molecule has 3 aromatic carbocycles. The largest absolute Gasteiger partial charge is 0.274 e. The van der Waals surface area contributed by atoms with Gasteiger partial charge in [-0.2, -0.15) is 0 Å². The molecule has 0 saturated carbocycles. The lowest BCUT2D eigenvalue weighted by Crippen LogP contribution is -2.18. The highest BCUT2D eigenvalue weighted by Crippen LogP contribution is 2.21. The standard InChI is InChI=1S/C22H15N3O2/c26-20(14-15-8-2-1-3-9-15)24-18-12-6-7-13-19(18)25-21(27)16-10-4-5-11-17(16)23-22(24)25/h1-13H,14H2. The topological polar surface area (TPSA) is 56.4 Å². The molecule has 0 N–H and O–H groups in total. The maximum Gasteiger partial charge on any atom is 0.267 e. The number of carbonyl (C=O) groups is 1. The fourth-order valence-electron chi connectivity index (χ4n) is 3.53. The van der Waals surface area contributed by atoms with Crippen LogP contribution in [0.2, 0.25) is 0 Å². The summed E-state index contributed by atoms with van der Waals surface area (Å²) in [6.07, 6.45) is 0.234. The van der Waals surface area contributed by atoms with E-state index in [4.69, 9.17) is 0 Å². The van der Waals surface area contributed by atoms with E-state index in [1.54, 1.807) is 16.7 Å². The molecule has 2 aromatic heterocycles. The molecule has 0 unspecified atom stereocenters. The zero-order valence-corrected chi connectivity index (χ0v) is 14.4. The average Bonchev–Trinajstić information content (AvgIpc) is 3.03. The number of imidazole rings is 1. The highest BCUT2D eigenvalue weighted by Gasteiger charge is 2.19. The number of hydrogen-bond acceptors (Lipinski definition) is 3. The van der Waals surface area contributed by atoms with E-state index in [2.05, 4.69) is 4.98 Å². The van der Waals surface area contributed by atoms with Crippen molar-refractivity contribution < 1.29 is 4.79 Å². The van der Waals surface area contributed by atoms with Crippen molar-refractivity contribution in [3.8, 4) is 0 Å². The van der Waals surface area contributed by atoms with Crippen LogP contribution in [0.1, 0.15) is 10.4 Å². The Kier molecular flexibility index (Phi) is 3.40. The van der Waals surface area contributed by atoms with E-state index in [1.807, 2.05) is 66.7 Å². The van der Waals surface area contributed by atoms with Gasteiger partial charge in [0.05, 0.1) is 28.4 Å². The van der Waals surface area contributed by atoms with Gasteiger partial charge in [-0.05, 0) is 29.8 Å². The lowest BCUT2D eigenvalue weighted by molar-refractivity contribution is 0.0923. The van der Waals surface area contributed by atoms with Gasteiger partial charge in [0, 0.05) is 0 Å². The van der Waals surface area contributed by atoms with Crippen molar-refractivity contribution in [1.82, 2.24) is 14.0 Å². The molecule has 0 aliphatic rings. The van der Waals surface area contributed by atoms with E-state index in [1.165, 1.54) is 4.40 Å². The second kappa shape index (κ2) is 5.92. The van der Waals surface area contributed by atoms with Crippen LogP contribution in [0.4, 0.5) is 0 Å². The Balaban J connectivity index is 1.85. The van der Waals surface area contributed by atoms with E-state index in [0.29, 0.717) is 27.7 Å². The first kappa shape index (κ1) is 15.5. The Morgan fingerprint density at radius 3 is 2.30 bits per heavy atom. The quantitative estimate of drug-likeness (QED) is 0.486. The van der Waals surface area contributed by atoms with Crippen LogP contribution >= 0.6 is 0 Å². The summed E-state index contributed by atoms with van der Waals surface area (Å²) >= 11 is 0. The normalized spacial score (nSPS) is 11.4. The number of aromatic nitrogens is 3. The minimum absolute atomic E-state index is 0.123. The van der Waals surface area contributed by atoms with Gasteiger partial charge >= 0.3 is 0 Å². The summed E-state index contributed by atoms with van der Waals surface area (Å²) in [5.74, 6) is 0.225. The van der Waals surface area contributed by atoms with Crippen LogP contribution in [0.3, 0.4) is 0 Å². The smallest absolute Gasteiger partial charge is 0.267 e. The summed E-state index contributed by atoms with van der Waals surface area (Å²) in [4.78, 5) is 30.9. The van der Waals surface area contributed by atoms with Crippen LogP contribution in [-0.4, -0.2) is 19.9 Å². The summed E-state index contributed by atoms with van der Waals surface area (Å²) in [7, 11) is 0. The van der Waals surface area contributed by atoms with Crippen LogP contribution < -0.4 is 5.56 Å². The summed E-state index contributed by atoms with van der Waals surface area (Å²) in [6.45, 7) is 0. The van der Waals surface area contributed by atoms with Gasteiger partial charge < -0.3 is 0 Å². The maximum absolute atomic E-state index is 13.2. The molecule has 0 bridgehead atoms. The van der Waals surface area contributed by atoms with E-state index >= 15 is 0 Å². The lowest BCUT2D eigenvalue weighted by atomic mass is 10.1. The van der Waals surface area contributed by atoms with E-state index < -0.39 is 0 Å². The van der Waals surface area contributed by atoms with Crippen LogP contribution in [0.5, 0.6) is 0 Å². The zero-order valence-electron chi connectivity index (χ0n) is 14.4.